The number of carbonyl (C=O) groups is 2. The van der Waals surface area contributed by atoms with Gasteiger partial charge in [0.25, 0.3) is 5.91 Å². The largest absolute Gasteiger partial charge is 0.456 e. The summed E-state index contributed by atoms with van der Waals surface area (Å²) in [6.07, 6.45) is 2.74. The van der Waals surface area contributed by atoms with Crippen LogP contribution in [-0.2, 0) is 20.7 Å². The number of hydrogen-bond donors (Lipinski definition) is 1. The van der Waals surface area contributed by atoms with Gasteiger partial charge < -0.3 is 10.1 Å². The van der Waals surface area contributed by atoms with E-state index in [9.17, 15) is 9.59 Å². The van der Waals surface area contributed by atoms with Crippen LogP contribution in [0.1, 0.15) is 29.8 Å². The van der Waals surface area contributed by atoms with Crippen LogP contribution in [0.25, 0.3) is 10.2 Å². The van der Waals surface area contributed by atoms with Crippen LogP contribution in [0.2, 0.25) is 0 Å². The second-order valence-electron chi connectivity index (χ2n) is 6.31. The number of nitrogens with one attached hydrogen (secondary N) is 1. The quantitative estimate of drug-likeness (QED) is 0.460. The van der Waals surface area contributed by atoms with E-state index < -0.39 is 0 Å². The molecule has 1 N–H and O–H groups in total. The van der Waals surface area contributed by atoms with Crippen LogP contribution < -0.4 is 5.32 Å². The minimum atomic E-state index is -0.348. The molecule has 3 aromatic rings. The molecule has 1 aromatic heterocycles. The summed E-state index contributed by atoms with van der Waals surface area (Å²) in [5, 5.41) is 3.83. The second-order valence-corrected chi connectivity index (χ2v) is 7.42. The van der Waals surface area contributed by atoms with Crippen molar-refractivity contribution in [3.05, 3.63) is 59.1 Å². The fourth-order valence-corrected chi connectivity index (χ4v) is 3.70. The predicted octanol–water partition coefficient (Wildman–Crippen LogP) is 4.50. The summed E-state index contributed by atoms with van der Waals surface area (Å²) >= 11 is 1.69. The van der Waals surface area contributed by atoms with E-state index in [1.807, 2.05) is 49.4 Å². The van der Waals surface area contributed by atoms with Crippen molar-refractivity contribution in [3.8, 4) is 0 Å². The number of benzene rings is 2. The fraction of sp³-hybridized carbons (Fsp3) is 0.286. The summed E-state index contributed by atoms with van der Waals surface area (Å²) in [5.74, 6) is -0.675. The van der Waals surface area contributed by atoms with E-state index in [4.69, 9.17) is 4.74 Å². The van der Waals surface area contributed by atoms with Gasteiger partial charge in [0.15, 0.2) is 6.61 Å². The lowest BCUT2D eigenvalue weighted by atomic mass is 10.2. The average molecular weight is 382 g/mol. The number of amides is 1. The van der Waals surface area contributed by atoms with E-state index in [2.05, 4.69) is 16.4 Å². The molecule has 1 amide bonds. The molecule has 0 aliphatic heterocycles. The third kappa shape index (κ3) is 5.62. The molecule has 5 nitrogen and oxygen atoms in total. The number of anilines is 1. The summed E-state index contributed by atoms with van der Waals surface area (Å²) in [6.45, 7) is 1.65. The van der Waals surface area contributed by atoms with Crippen molar-refractivity contribution < 1.29 is 14.3 Å². The number of nitrogens with zero attached hydrogens (tertiary/aromatic N) is 1. The van der Waals surface area contributed by atoms with Gasteiger partial charge in [0.05, 0.1) is 15.2 Å². The van der Waals surface area contributed by atoms with Gasteiger partial charge in [-0.15, -0.1) is 11.3 Å². The maximum atomic E-state index is 11.9. The predicted molar refractivity (Wildman–Crippen MR) is 108 cm³/mol. The molecule has 1 heterocycles. The van der Waals surface area contributed by atoms with Crippen molar-refractivity contribution >= 4 is 39.1 Å². The second kappa shape index (κ2) is 9.28. The van der Waals surface area contributed by atoms with Crippen molar-refractivity contribution in [3.63, 3.8) is 0 Å². The Hall–Kier alpha value is -2.73. The highest BCUT2D eigenvalue weighted by molar-refractivity contribution is 7.18. The molecule has 0 aliphatic carbocycles. The number of carbonyl (C=O) groups excluding carboxylic acids is 2. The Morgan fingerprint density at radius 3 is 2.67 bits per heavy atom. The highest BCUT2D eigenvalue weighted by Gasteiger charge is 2.09. The lowest BCUT2D eigenvalue weighted by Crippen LogP contribution is -2.21. The van der Waals surface area contributed by atoms with Crippen molar-refractivity contribution in [2.75, 3.05) is 11.9 Å². The molecule has 0 fully saturated rings. The Morgan fingerprint density at radius 2 is 1.85 bits per heavy atom. The lowest BCUT2D eigenvalue weighted by molar-refractivity contribution is -0.147. The molecule has 0 saturated carbocycles. The first kappa shape index (κ1) is 19.0. The maximum Gasteiger partial charge on any atom is 0.306 e. The number of thiazole rings is 1. The van der Waals surface area contributed by atoms with Crippen LogP contribution >= 0.6 is 11.3 Å². The number of ether oxygens (including phenoxy) is 1. The molecule has 140 valence electrons. The number of hydrogen-bond acceptors (Lipinski definition) is 5. The van der Waals surface area contributed by atoms with Crippen molar-refractivity contribution in [2.24, 2.45) is 0 Å². The molecule has 0 bridgehead atoms. The van der Waals surface area contributed by atoms with Crippen molar-refractivity contribution in [1.29, 1.82) is 0 Å². The number of fused-ring (bicyclic) bond motifs is 1. The van der Waals surface area contributed by atoms with E-state index in [0.29, 0.717) is 12.8 Å². The number of para-hydroxylation sites is 2. The van der Waals surface area contributed by atoms with Gasteiger partial charge in [-0.3, -0.25) is 9.59 Å². The maximum absolute atomic E-state index is 11.9. The molecule has 3 rings (SSSR count). The number of unbranched alkanes of at least 4 members (excludes halogenated alkanes) is 1. The van der Waals surface area contributed by atoms with Gasteiger partial charge in [-0.1, -0.05) is 30.3 Å². The monoisotopic (exact) mass is 382 g/mol. The van der Waals surface area contributed by atoms with E-state index in [1.165, 1.54) is 4.70 Å². The topological polar surface area (TPSA) is 68.3 Å². The van der Waals surface area contributed by atoms with Crippen LogP contribution in [0, 0.1) is 6.92 Å². The van der Waals surface area contributed by atoms with Gasteiger partial charge in [-0.25, -0.2) is 4.98 Å². The summed E-state index contributed by atoms with van der Waals surface area (Å²) in [5.41, 5.74) is 2.72. The van der Waals surface area contributed by atoms with Crippen LogP contribution in [0.3, 0.4) is 0 Å². The minimum absolute atomic E-state index is 0.259. The molecule has 6 heteroatoms. The Morgan fingerprint density at radius 1 is 1.07 bits per heavy atom. The zero-order chi connectivity index (χ0) is 19.1. The normalized spacial score (nSPS) is 10.7. The number of aromatic nitrogens is 1. The number of esters is 1. The zero-order valence-electron chi connectivity index (χ0n) is 15.2. The smallest absolute Gasteiger partial charge is 0.306 e. The Balaban J connectivity index is 1.33. The van der Waals surface area contributed by atoms with Gasteiger partial charge >= 0.3 is 5.97 Å². The summed E-state index contributed by atoms with van der Waals surface area (Å²) < 4.78 is 6.24. The molecular weight excluding hydrogens is 360 g/mol. The summed E-state index contributed by atoms with van der Waals surface area (Å²) in [7, 11) is 0. The van der Waals surface area contributed by atoms with E-state index >= 15 is 0 Å². The first-order chi connectivity index (χ1) is 13.1. The molecule has 27 heavy (non-hydrogen) atoms. The molecule has 0 aliphatic rings. The standard InChI is InChI=1S/C21H22N2O3S/c1-15-8-2-3-9-16(15)22-19(24)14-26-21(25)13-7-6-12-20-23-17-10-4-5-11-18(17)27-20/h2-5,8-11H,6-7,12-14H2,1H3,(H,22,24). The third-order valence-corrected chi connectivity index (χ3v) is 5.24. The van der Waals surface area contributed by atoms with Gasteiger partial charge in [0, 0.05) is 12.1 Å². The van der Waals surface area contributed by atoms with Crippen LogP contribution in [0.5, 0.6) is 0 Å². The van der Waals surface area contributed by atoms with Crippen LogP contribution in [0.15, 0.2) is 48.5 Å². The summed E-state index contributed by atoms with van der Waals surface area (Å²) in [4.78, 5) is 28.3. The van der Waals surface area contributed by atoms with Gasteiger partial charge in [-0.05, 0) is 49.9 Å². The molecule has 0 saturated heterocycles. The van der Waals surface area contributed by atoms with Gasteiger partial charge in [-0.2, -0.15) is 0 Å². The molecule has 0 atom stereocenters. The van der Waals surface area contributed by atoms with E-state index in [-0.39, 0.29) is 18.5 Å². The molecule has 0 radical (unpaired) electrons. The minimum Gasteiger partial charge on any atom is -0.456 e. The van der Waals surface area contributed by atoms with Gasteiger partial charge in [0.1, 0.15) is 0 Å². The lowest BCUT2D eigenvalue weighted by Gasteiger charge is -2.08. The van der Waals surface area contributed by atoms with E-state index in [1.54, 1.807) is 11.3 Å². The Kier molecular flexibility index (Phi) is 6.54. The molecule has 0 spiro atoms. The average Bonchev–Trinajstić information content (AvgIpc) is 3.08. The Bertz CT molecular complexity index is 903. The summed E-state index contributed by atoms with van der Waals surface area (Å²) in [6, 6.07) is 15.5. The SMILES string of the molecule is Cc1ccccc1NC(=O)COC(=O)CCCCc1nc2ccccc2s1. The molecular formula is C21H22N2O3S. The Labute approximate surface area is 162 Å². The molecule has 0 unspecified atom stereocenters. The first-order valence-corrected chi connectivity index (χ1v) is 9.79. The fourth-order valence-electron chi connectivity index (χ4n) is 2.69. The third-order valence-electron chi connectivity index (χ3n) is 4.14. The molecule has 2 aromatic carbocycles. The number of aryl methyl sites for hydroxylation is 2. The van der Waals surface area contributed by atoms with Crippen LogP contribution in [-0.4, -0.2) is 23.5 Å². The number of rotatable bonds is 8. The highest BCUT2D eigenvalue weighted by atomic mass is 32.1. The first-order valence-electron chi connectivity index (χ1n) is 8.97. The van der Waals surface area contributed by atoms with Gasteiger partial charge in [0.2, 0.25) is 0 Å². The van der Waals surface area contributed by atoms with Crippen molar-refractivity contribution in [1.82, 2.24) is 4.98 Å². The highest BCUT2D eigenvalue weighted by Crippen LogP contribution is 2.22. The van der Waals surface area contributed by atoms with E-state index in [0.717, 1.165) is 34.6 Å². The van der Waals surface area contributed by atoms with Crippen LogP contribution in [0.4, 0.5) is 5.69 Å². The zero-order valence-corrected chi connectivity index (χ0v) is 16.1. The van der Waals surface area contributed by atoms with Crippen molar-refractivity contribution in [2.45, 2.75) is 32.6 Å².